The zero-order valence-electron chi connectivity index (χ0n) is 16.2. The molecule has 6 heteroatoms. The van der Waals surface area contributed by atoms with Crippen molar-refractivity contribution in [2.24, 2.45) is 0 Å². The van der Waals surface area contributed by atoms with Gasteiger partial charge in [-0.25, -0.2) is 9.78 Å². The summed E-state index contributed by atoms with van der Waals surface area (Å²) in [5, 5.41) is 9.15. The van der Waals surface area contributed by atoms with Crippen LogP contribution in [0.2, 0.25) is 0 Å². The first-order valence-corrected chi connectivity index (χ1v) is 8.91. The summed E-state index contributed by atoms with van der Waals surface area (Å²) in [6.45, 7) is 8.64. The molecule has 0 spiro atoms. The third-order valence-electron chi connectivity index (χ3n) is 3.94. The summed E-state index contributed by atoms with van der Waals surface area (Å²) in [5.74, 6) is -0.847. The number of benzene rings is 1. The van der Waals surface area contributed by atoms with E-state index in [-0.39, 0.29) is 17.6 Å². The van der Waals surface area contributed by atoms with Crippen LogP contribution in [0.5, 0.6) is 0 Å². The highest BCUT2D eigenvalue weighted by atomic mass is 16.5. The molecule has 0 aliphatic carbocycles. The summed E-state index contributed by atoms with van der Waals surface area (Å²) >= 11 is 0. The van der Waals surface area contributed by atoms with Gasteiger partial charge in [0.1, 0.15) is 5.82 Å². The van der Waals surface area contributed by atoms with E-state index in [1.165, 1.54) is 0 Å². The summed E-state index contributed by atoms with van der Waals surface area (Å²) in [6, 6.07) is 9.92. The van der Waals surface area contributed by atoms with Crippen LogP contribution in [0, 0.1) is 0 Å². The van der Waals surface area contributed by atoms with Crippen LogP contribution < -0.4 is 0 Å². The van der Waals surface area contributed by atoms with Gasteiger partial charge >= 0.3 is 11.9 Å². The average Bonchev–Trinajstić information content (AvgIpc) is 2.98. The number of aliphatic carboxylic acids is 1. The molecular formula is C21H26N2O4. The summed E-state index contributed by atoms with van der Waals surface area (Å²) in [7, 11) is 0. The molecule has 0 atom stereocenters. The minimum Gasteiger partial charge on any atom is -0.481 e. The third-order valence-corrected chi connectivity index (χ3v) is 3.94. The summed E-state index contributed by atoms with van der Waals surface area (Å²) in [6.07, 6.45) is 2.84. The average molecular weight is 370 g/mol. The van der Waals surface area contributed by atoms with Gasteiger partial charge in [-0.3, -0.25) is 4.79 Å². The Kier molecular flexibility index (Phi) is 6.55. The Hall–Kier alpha value is -2.89. The van der Waals surface area contributed by atoms with Crippen molar-refractivity contribution in [3.8, 4) is 0 Å². The standard InChI is InChI=1S/C21H26N2O4/c1-5-27-19(26)16(12-18(24)25)11-17-13-22-20(21(2,3)4)23(17)14-15-9-7-6-8-10-15/h6-11,13H,5,12,14H2,1-4H3,(H,24,25). The van der Waals surface area contributed by atoms with Crippen LogP contribution >= 0.6 is 0 Å². The van der Waals surface area contributed by atoms with Gasteiger partial charge in [-0.05, 0) is 18.6 Å². The zero-order chi connectivity index (χ0) is 20.0. The van der Waals surface area contributed by atoms with Crippen molar-refractivity contribution in [2.75, 3.05) is 6.61 Å². The molecule has 2 rings (SSSR count). The normalized spacial score (nSPS) is 12.1. The molecule has 0 saturated heterocycles. The Labute approximate surface area is 159 Å². The van der Waals surface area contributed by atoms with E-state index in [4.69, 9.17) is 9.84 Å². The Morgan fingerprint density at radius 3 is 2.44 bits per heavy atom. The van der Waals surface area contributed by atoms with Crippen molar-refractivity contribution >= 4 is 18.0 Å². The number of hydrogen-bond acceptors (Lipinski definition) is 4. The molecule has 1 N–H and O–H groups in total. The number of imidazole rings is 1. The number of ether oxygens (including phenoxy) is 1. The van der Waals surface area contributed by atoms with Gasteiger partial charge < -0.3 is 14.4 Å². The molecule has 144 valence electrons. The minimum atomic E-state index is -1.08. The van der Waals surface area contributed by atoms with Crippen molar-refractivity contribution in [1.82, 2.24) is 9.55 Å². The second-order valence-corrected chi connectivity index (χ2v) is 7.29. The monoisotopic (exact) mass is 370 g/mol. The van der Waals surface area contributed by atoms with Gasteiger partial charge in [0.15, 0.2) is 0 Å². The van der Waals surface area contributed by atoms with Crippen LogP contribution in [0.4, 0.5) is 0 Å². The molecule has 27 heavy (non-hydrogen) atoms. The van der Waals surface area contributed by atoms with Gasteiger partial charge in [0.2, 0.25) is 0 Å². The molecule has 0 amide bonds. The van der Waals surface area contributed by atoms with Gasteiger partial charge in [0, 0.05) is 12.0 Å². The first-order valence-electron chi connectivity index (χ1n) is 8.91. The van der Waals surface area contributed by atoms with E-state index in [1.54, 1.807) is 19.2 Å². The molecule has 1 aromatic carbocycles. The molecule has 0 radical (unpaired) electrons. The lowest BCUT2D eigenvalue weighted by Crippen LogP contribution is -2.20. The van der Waals surface area contributed by atoms with E-state index >= 15 is 0 Å². The lowest BCUT2D eigenvalue weighted by atomic mass is 9.95. The highest BCUT2D eigenvalue weighted by molar-refractivity contribution is 5.97. The van der Waals surface area contributed by atoms with Crippen LogP contribution in [-0.4, -0.2) is 33.2 Å². The van der Waals surface area contributed by atoms with Gasteiger partial charge in [0.25, 0.3) is 0 Å². The van der Waals surface area contributed by atoms with E-state index in [9.17, 15) is 9.59 Å². The maximum atomic E-state index is 12.2. The first-order chi connectivity index (χ1) is 12.7. The van der Waals surface area contributed by atoms with Gasteiger partial charge in [-0.15, -0.1) is 0 Å². The lowest BCUT2D eigenvalue weighted by molar-refractivity contribution is -0.142. The second kappa shape index (κ2) is 8.66. The number of hydrogen-bond donors (Lipinski definition) is 1. The molecule has 1 aromatic heterocycles. The number of rotatable bonds is 7. The molecule has 0 saturated carbocycles. The van der Waals surface area contributed by atoms with Crippen LogP contribution in [0.3, 0.4) is 0 Å². The second-order valence-electron chi connectivity index (χ2n) is 7.29. The smallest absolute Gasteiger partial charge is 0.334 e. The van der Waals surface area contributed by atoms with E-state index in [0.717, 1.165) is 11.4 Å². The molecule has 6 nitrogen and oxygen atoms in total. The molecular weight excluding hydrogens is 344 g/mol. The van der Waals surface area contributed by atoms with Crippen molar-refractivity contribution in [3.05, 3.63) is 59.2 Å². The fraction of sp³-hybridized carbons (Fsp3) is 0.381. The predicted octanol–water partition coefficient (Wildman–Crippen LogP) is 3.65. The van der Waals surface area contributed by atoms with E-state index in [1.807, 2.05) is 34.9 Å². The van der Waals surface area contributed by atoms with Crippen molar-refractivity contribution in [1.29, 1.82) is 0 Å². The molecule has 0 unspecified atom stereocenters. The van der Waals surface area contributed by atoms with Crippen LogP contribution in [-0.2, 0) is 26.3 Å². The number of carbonyl (C=O) groups is 2. The molecule has 0 fully saturated rings. The molecule has 0 aliphatic heterocycles. The number of carbonyl (C=O) groups excluding carboxylic acids is 1. The summed E-state index contributed by atoms with van der Waals surface area (Å²) in [5.41, 5.74) is 1.65. The minimum absolute atomic E-state index is 0.0963. The molecule has 0 bridgehead atoms. The fourth-order valence-corrected chi connectivity index (χ4v) is 2.78. The quantitative estimate of drug-likeness (QED) is 0.594. The van der Waals surface area contributed by atoms with Gasteiger partial charge in [0.05, 0.1) is 30.5 Å². The Morgan fingerprint density at radius 2 is 1.89 bits per heavy atom. The maximum absolute atomic E-state index is 12.2. The SMILES string of the molecule is CCOC(=O)C(=Cc1cnc(C(C)(C)C)n1Cc1ccccc1)CC(=O)O. The number of aromatic nitrogens is 2. The zero-order valence-corrected chi connectivity index (χ0v) is 16.2. The lowest BCUT2D eigenvalue weighted by Gasteiger charge is -2.21. The number of carboxylic acid groups (broad SMARTS) is 1. The summed E-state index contributed by atoms with van der Waals surface area (Å²) < 4.78 is 7.02. The molecule has 0 aliphatic rings. The topological polar surface area (TPSA) is 81.4 Å². The van der Waals surface area contributed by atoms with Crippen molar-refractivity contribution in [2.45, 2.75) is 46.1 Å². The Morgan fingerprint density at radius 1 is 1.22 bits per heavy atom. The Bertz CT molecular complexity index is 830. The molecule has 2 aromatic rings. The fourth-order valence-electron chi connectivity index (χ4n) is 2.78. The highest BCUT2D eigenvalue weighted by Gasteiger charge is 2.23. The van der Waals surface area contributed by atoms with Crippen LogP contribution in [0.1, 0.15) is 51.2 Å². The predicted molar refractivity (Wildman–Crippen MR) is 103 cm³/mol. The van der Waals surface area contributed by atoms with E-state index in [2.05, 4.69) is 25.8 Å². The first kappa shape index (κ1) is 20.4. The van der Waals surface area contributed by atoms with Crippen LogP contribution in [0.25, 0.3) is 6.08 Å². The van der Waals surface area contributed by atoms with Gasteiger partial charge in [-0.2, -0.15) is 0 Å². The van der Waals surface area contributed by atoms with Gasteiger partial charge in [-0.1, -0.05) is 51.1 Å². The van der Waals surface area contributed by atoms with E-state index in [0.29, 0.717) is 12.2 Å². The van der Waals surface area contributed by atoms with Crippen LogP contribution in [0.15, 0.2) is 42.1 Å². The van der Waals surface area contributed by atoms with E-state index < -0.39 is 18.4 Å². The largest absolute Gasteiger partial charge is 0.481 e. The number of esters is 1. The van der Waals surface area contributed by atoms with Crippen molar-refractivity contribution in [3.63, 3.8) is 0 Å². The maximum Gasteiger partial charge on any atom is 0.334 e. The highest BCUT2D eigenvalue weighted by Crippen LogP contribution is 2.25. The number of nitrogens with zero attached hydrogens (tertiary/aromatic N) is 2. The van der Waals surface area contributed by atoms with Crippen molar-refractivity contribution < 1.29 is 19.4 Å². The Balaban J connectivity index is 2.52. The third kappa shape index (κ3) is 5.54. The number of carboxylic acids is 1. The summed E-state index contributed by atoms with van der Waals surface area (Å²) in [4.78, 5) is 27.9. The molecule has 1 heterocycles.